The number of pyridine rings is 1. The number of phenols is 1. The fraction of sp³-hybridized carbons (Fsp3) is 0.136. The number of benzene rings is 2. The maximum Gasteiger partial charge on any atom is 0.115 e. The Morgan fingerprint density at radius 3 is 2.25 bits per heavy atom. The van der Waals surface area contributed by atoms with Crippen LogP contribution in [0.2, 0.25) is 0 Å². The predicted molar refractivity (Wildman–Crippen MR) is 123 cm³/mol. The minimum Gasteiger partial charge on any atom is -0.508 e. The topological polar surface area (TPSA) is 62.5 Å². The van der Waals surface area contributed by atoms with Crippen LogP contribution in [-0.4, -0.2) is 10.1 Å². The average Bonchev–Trinajstić information content (AvgIpc) is 2.78. The summed E-state index contributed by atoms with van der Waals surface area (Å²) in [5, 5.41) is 12.9. The van der Waals surface area contributed by atoms with Crippen LogP contribution >= 0.6 is 21.6 Å². The summed E-state index contributed by atoms with van der Waals surface area (Å²) in [5.74, 6) is 1.22. The standard InChI is InChI=1S/C12H11NOS2.C8H7NO.C2H6/c14-11-6-4-10(5-7-11)9-15-16-12-3-1-2-8-13-12;1-2-7-3-5-8(9-10)6-4-7;1-2/h1-8,14H,9H2;2-6H,1H2;1-2H3. The molecule has 0 saturated heterocycles. The molecule has 1 N–H and O–H groups in total. The summed E-state index contributed by atoms with van der Waals surface area (Å²) in [6.45, 7) is 7.58. The third-order valence-corrected chi connectivity index (χ3v) is 5.38. The van der Waals surface area contributed by atoms with Crippen molar-refractivity contribution < 1.29 is 5.11 Å². The zero-order chi connectivity index (χ0) is 20.6. The highest BCUT2D eigenvalue weighted by atomic mass is 33.1. The third kappa shape index (κ3) is 9.39. The van der Waals surface area contributed by atoms with E-state index >= 15 is 0 Å². The molecule has 6 heteroatoms. The van der Waals surface area contributed by atoms with Gasteiger partial charge in [0.15, 0.2) is 0 Å². The van der Waals surface area contributed by atoms with Gasteiger partial charge in [-0.1, -0.05) is 67.6 Å². The largest absolute Gasteiger partial charge is 0.508 e. The Kier molecular flexibility index (Phi) is 12.1. The number of hydrogen-bond donors (Lipinski definition) is 1. The average molecular weight is 413 g/mol. The maximum absolute atomic E-state index is 9.93. The molecule has 3 aromatic rings. The maximum atomic E-state index is 9.93. The van der Waals surface area contributed by atoms with E-state index in [0.717, 1.165) is 16.3 Å². The molecule has 146 valence electrons. The molecule has 4 nitrogen and oxygen atoms in total. The van der Waals surface area contributed by atoms with Crippen LogP contribution in [0.15, 0.2) is 89.7 Å². The van der Waals surface area contributed by atoms with Crippen LogP contribution in [-0.2, 0) is 5.75 Å². The Balaban J connectivity index is 0.000000281. The number of aromatic nitrogens is 1. The molecule has 1 aromatic heterocycles. The van der Waals surface area contributed by atoms with Crippen LogP contribution in [0.5, 0.6) is 5.75 Å². The molecule has 0 amide bonds. The Labute approximate surface area is 174 Å². The Morgan fingerprint density at radius 1 is 1.04 bits per heavy atom. The van der Waals surface area contributed by atoms with Crippen molar-refractivity contribution in [3.8, 4) is 5.75 Å². The molecule has 0 unspecified atom stereocenters. The lowest BCUT2D eigenvalue weighted by Crippen LogP contribution is -1.78. The van der Waals surface area contributed by atoms with Gasteiger partial charge in [-0.3, -0.25) is 0 Å². The van der Waals surface area contributed by atoms with E-state index in [2.05, 4.69) is 16.7 Å². The molecule has 0 fully saturated rings. The first-order valence-electron chi connectivity index (χ1n) is 8.75. The number of rotatable bonds is 6. The van der Waals surface area contributed by atoms with Gasteiger partial charge in [0.25, 0.3) is 0 Å². The van der Waals surface area contributed by atoms with Crippen LogP contribution in [0.4, 0.5) is 5.69 Å². The van der Waals surface area contributed by atoms with Gasteiger partial charge in [-0.2, -0.15) is 0 Å². The summed E-state index contributed by atoms with van der Waals surface area (Å²) < 4.78 is 0. The van der Waals surface area contributed by atoms with E-state index in [-0.39, 0.29) is 0 Å². The number of nitroso groups, excluding NO2 is 1. The third-order valence-electron chi connectivity index (χ3n) is 3.18. The second kappa shape index (κ2) is 14.5. The summed E-state index contributed by atoms with van der Waals surface area (Å²) >= 11 is 0. The van der Waals surface area contributed by atoms with Gasteiger partial charge < -0.3 is 5.11 Å². The summed E-state index contributed by atoms with van der Waals surface area (Å²) in [6, 6.07) is 20.1. The van der Waals surface area contributed by atoms with Crippen molar-refractivity contribution in [2.75, 3.05) is 0 Å². The predicted octanol–water partition coefficient (Wildman–Crippen LogP) is 7.48. The van der Waals surface area contributed by atoms with Crippen LogP contribution in [0.25, 0.3) is 6.08 Å². The summed E-state index contributed by atoms with van der Waals surface area (Å²) in [7, 11) is 3.40. The minimum atomic E-state index is 0.311. The van der Waals surface area contributed by atoms with Gasteiger partial charge in [0.05, 0.1) is 0 Å². The molecule has 28 heavy (non-hydrogen) atoms. The Bertz CT molecular complexity index is 781. The summed E-state index contributed by atoms with van der Waals surface area (Å²) in [6.07, 6.45) is 3.51. The zero-order valence-electron chi connectivity index (χ0n) is 16.0. The highest BCUT2D eigenvalue weighted by molar-refractivity contribution is 8.76. The number of hydrogen-bond acceptors (Lipinski definition) is 6. The number of phenolic OH excluding ortho intramolecular Hbond substituents is 1. The zero-order valence-corrected chi connectivity index (χ0v) is 17.6. The first-order valence-corrected chi connectivity index (χ1v) is 11.1. The Hall–Kier alpha value is -2.57. The van der Waals surface area contributed by atoms with Gasteiger partial charge >= 0.3 is 0 Å². The van der Waals surface area contributed by atoms with E-state index in [1.807, 2.05) is 44.2 Å². The van der Waals surface area contributed by atoms with Gasteiger partial charge in [-0.15, -0.1) is 4.91 Å². The number of nitrogens with zero attached hydrogens (tertiary/aromatic N) is 2. The SMILES string of the molecule is C=Cc1ccc(N=O)cc1.CC.Oc1ccc(CSSc2ccccn2)cc1. The van der Waals surface area contributed by atoms with E-state index in [1.54, 1.807) is 70.3 Å². The normalized spacial score (nSPS) is 9.21. The van der Waals surface area contributed by atoms with Crippen LogP contribution in [0.1, 0.15) is 25.0 Å². The molecular formula is C22H24N2O2S2. The van der Waals surface area contributed by atoms with E-state index < -0.39 is 0 Å². The molecule has 2 aromatic carbocycles. The molecule has 0 aliphatic heterocycles. The van der Waals surface area contributed by atoms with Crippen molar-refractivity contribution in [3.05, 3.63) is 95.5 Å². The highest BCUT2D eigenvalue weighted by Gasteiger charge is 1.97. The second-order valence-corrected chi connectivity index (χ2v) is 7.38. The van der Waals surface area contributed by atoms with Crippen molar-refractivity contribution in [3.63, 3.8) is 0 Å². The van der Waals surface area contributed by atoms with E-state index in [4.69, 9.17) is 5.11 Å². The van der Waals surface area contributed by atoms with Crippen LogP contribution in [0, 0.1) is 4.91 Å². The fourth-order valence-electron chi connectivity index (χ4n) is 1.82. The second-order valence-electron chi connectivity index (χ2n) is 5.07. The quantitative estimate of drug-likeness (QED) is 0.336. The first kappa shape index (κ1) is 23.5. The molecule has 0 radical (unpaired) electrons. The Morgan fingerprint density at radius 2 is 1.71 bits per heavy atom. The molecule has 0 aliphatic carbocycles. The van der Waals surface area contributed by atoms with Crippen molar-refractivity contribution >= 4 is 33.4 Å². The van der Waals surface area contributed by atoms with E-state index in [1.165, 1.54) is 5.56 Å². The summed E-state index contributed by atoms with van der Waals surface area (Å²) in [4.78, 5) is 14.2. The molecule has 0 saturated carbocycles. The molecule has 0 aliphatic rings. The molecule has 3 rings (SSSR count). The van der Waals surface area contributed by atoms with Crippen molar-refractivity contribution in [1.29, 1.82) is 0 Å². The van der Waals surface area contributed by atoms with Gasteiger partial charge in [0.2, 0.25) is 0 Å². The van der Waals surface area contributed by atoms with Gasteiger partial charge in [0, 0.05) is 11.9 Å². The molecule has 0 bridgehead atoms. The minimum absolute atomic E-state index is 0.311. The van der Waals surface area contributed by atoms with Gasteiger partial charge in [0.1, 0.15) is 16.5 Å². The number of aromatic hydroxyl groups is 1. The van der Waals surface area contributed by atoms with Crippen LogP contribution in [0.3, 0.4) is 0 Å². The molecular weight excluding hydrogens is 388 g/mol. The van der Waals surface area contributed by atoms with E-state index in [0.29, 0.717) is 11.4 Å². The lowest BCUT2D eigenvalue weighted by molar-refractivity contribution is 0.475. The van der Waals surface area contributed by atoms with Gasteiger partial charge in [-0.05, 0) is 63.5 Å². The monoisotopic (exact) mass is 412 g/mol. The lowest BCUT2D eigenvalue weighted by Gasteiger charge is -2.01. The molecule has 1 heterocycles. The van der Waals surface area contributed by atoms with Gasteiger partial charge in [-0.25, -0.2) is 4.98 Å². The van der Waals surface area contributed by atoms with Crippen LogP contribution < -0.4 is 0 Å². The molecule has 0 atom stereocenters. The van der Waals surface area contributed by atoms with Crippen molar-refractivity contribution in [1.82, 2.24) is 4.98 Å². The summed E-state index contributed by atoms with van der Waals surface area (Å²) in [5.41, 5.74) is 2.64. The van der Waals surface area contributed by atoms with Crippen molar-refractivity contribution in [2.45, 2.75) is 24.6 Å². The fourth-order valence-corrected chi connectivity index (χ4v) is 3.81. The first-order chi connectivity index (χ1) is 13.7. The lowest BCUT2D eigenvalue weighted by atomic mass is 10.2. The van der Waals surface area contributed by atoms with Crippen molar-refractivity contribution in [2.24, 2.45) is 5.18 Å². The van der Waals surface area contributed by atoms with E-state index in [9.17, 15) is 4.91 Å². The molecule has 0 spiro atoms. The smallest absolute Gasteiger partial charge is 0.115 e. The highest BCUT2D eigenvalue weighted by Crippen LogP contribution is 2.32.